The van der Waals surface area contributed by atoms with Gasteiger partial charge >= 0.3 is 0 Å². The maximum atomic E-state index is 12.0. The first-order chi connectivity index (χ1) is 11.2. The van der Waals surface area contributed by atoms with Crippen LogP contribution in [0.4, 0.5) is 5.95 Å². The fourth-order valence-corrected chi connectivity index (χ4v) is 2.40. The first-order valence-corrected chi connectivity index (χ1v) is 7.56. The van der Waals surface area contributed by atoms with E-state index in [-0.39, 0.29) is 11.5 Å². The van der Waals surface area contributed by atoms with Crippen LogP contribution in [0.3, 0.4) is 0 Å². The summed E-state index contributed by atoms with van der Waals surface area (Å²) in [7, 11) is 0. The van der Waals surface area contributed by atoms with E-state index >= 15 is 0 Å². The van der Waals surface area contributed by atoms with Gasteiger partial charge in [-0.25, -0.2) is 9.97 Å². The van der Waals surface area contributed by atoms with Gasteiger partial charge in [-0.05, 0) is 24.6 Å². The van der Waals surface area contributed by atoms with Crippen LogP contribution in [-0.4, -0.2) is 14.5 Å². The predicted octanol–water partition coefficient (Wildman–Crippen LogP) is 2.95. The minimum absolute atomic E-state index is 0.0156. The van der Waals surface area contributed by atoms with E-state index in [4.69, 9.17) is 10.2 Å². The van der Waals surface area contributed by atoms with Gasteiger partial charge in [-0.3, -0.25) is 4.79 Å². The lowest BCUT2D eigenvalue weighted by molar-refractivity contribution is 0.580. The number of aromatic nitrogens is 3. The Morgan fingerprint density at radius 3 is 2.91 bits per heavy atom. The minimum atomic E-state index is -0.0156. The molecular formula is C17H18N4O2. The van der Waals surface area contributed by atoms with E-state index in [2.05, 4.69) is 16.9 Å². The zero-order chi connectivity index (χ0) is 16.2. The normalized spacial score (nSPS) is 10.8. The molecule has 118 valence electrons. The lowest BCUT2D eigenvalue weighted by Gasteiger charge is -2.10. The largest absolute Gasteiger partial charge is 0.463 e. The number of nitrogens with two attached hydrogens (primary N) is 1. The molecular weight excluding hydrogens is 292 g/mol. The molecule has 0 aromatic carbocycles. The molecule has 6 heteroatoms. The summed E-state index contributed by atoms with van der Waals surface area (Å²) in [5, 5.41) is 0. The van der Waals surface area contributed by atoms with Gasteiger partial charge in [0.05, 0.1) is 6.26 Å². The average Bonchev–Trinajstić information content (AvgIpc) is 3.08. The summed E-state index contributed by atoms with van der Waals surface area (Å²) in [5.41, 5.74) is 7.94. The Labute approximate surface area is 133 Å². The second-order valence-corrected chi connectivity index (χ2v) is 5.27. The molecule has 0 aliphatic heterocycles. The van der Waals surface area contributed by atoms with E-state index < -0.39 is 0 Å². The van der Waals surface area contributed by atoms with E-state index in [1.165, 1.54) is 0 Å². The Kier molecular flexibility index (Phi) is 4.23. The Morgan fingerprint density at radius 2 is 2.17 bits per heavy atom. The smallest absolute Gasteiger partial charge is 0.250 e. The molecule has 0 saturated heterocycles. The quantitative estimate of drug-likeness (QED) is 0.783. The van der Waals surface area contributed by atoms with Gasteiger partial charge in [-0.2, -0.15) is 0 Å². The van der Waals surface area contributed by atoms with Crippen molar-refractivity contribution in [3.63, 3.8) is 0 Å². The van der Waals surface area contributed by atoms with E-state index in [9.17, 15) is 4.79 Å². The van der Waals surface area contributed by atoms with Crippen molar-refractivity contribution < 1.29 is 4.42 Å². The van der Waals surface area contributed by atoms with Crippen molar-refractivity contribution in [2.45, 2.75) is 26.3 Å². The van der Waals surface area contributed by atoms with Crippen molar-refractivity contribution >= 4 is 5.95 Å². The molecule has 2 N–H and O–H groups in total. The van der Waals surface area contributed by atoms with Gasteiger partial charge in [0, 0.05) is 36.1 Å². The van der Waals surface area contributed by atoms with E-state index in [1.807, 2.05) is 12.3 Å². The molecule has 3 aromatic rings. The van der Waals surface area contributed by atoms with Crippen LogP contribution in [0.2, 0.25) is 0 Å². The number of nitrogens with zero attached hydrogens (tertiary/aromatic N) is 3. The van der Waals surface area contributed by atoms with Crippen molar-refractivity contribution in [1.82, 2.24) is 14.5 Å². The van der Waals surface area contributed by atoms with E-state index in [0.717, 1.165) is 24.0 Å². The molecule has 0 aliphatic rings. The third-order valence-electron chi connectivity index (χ3n) is 3.61. The van der Waals surface area contributed by atoms with Crippen molar-refractivity contribution in [2.75, 3.05) is 5.73 Å². The fourth-order valence-electron chi connectivity index (χ4n) is 2.40. The van der Waals surface area contributed by atoms with Gasteiger partial charge in [0.2, 0.25) is 5.95 Å². The molecule has 0 bridgehead atoms. The highest BCUT2D eigenvalue weighted by Gasteiger charge is 2.14. The lowest BCUT2D eigenvalue weighted by atomic mass is 10.1. The zero-order valence-corrected chi connectivity index (χ0v) is 12.9. The maximum absolute atomic E-state index is 12.0. The predicted molar refractivity (Wildman–Crippen MR) is 88.8 cm³/mol. The standard InChI is InChI=1S/C17H18N4O2/c1-2-3-8-21-11-12(6-7-15(21)22)13-10-19-17(18)20-16(13)14-5-4-9-23-14/h4-7,9-11H,2-3,8H2,1H3,(H2,18,19,20). The van der Waals surface area contributed by atoms with Gasteiger partial charge in [0.15, 0.2) is 5.76 Å². The maximum Gasteiger partial charge on any atom is 0.250 e. The molecule has 0 amide bonds. The number of unbranched alkanes of at least 4 members (excludes halogenated alkanes) is 1. The number of aryl methyl sites for hydroxylation is 1. The van der Waals surface area contributed by atoms with Crippen LogP contribution in [0, 0.1) is 0 Å². The summed E-state index contributed by atoms with van der Waals surface area (Å²) in [4.78, 5) is 20.3. The summed E-state index contributed by atoms with van der Waals surface area (Å²) in [6.45, 7) is 2.78. The summed E-state index contributed by atoms with van der Waals surface area (Å²) in [6, 6.07) is 6.94. The molecule has 0 aliphatic carbocycles. The summed E-state index contributed by atoms with van der Waals surface area (Å²) in [6.07, 6.45) is 7.05. The molecule has 0 saturated carbocycles. The lowest BCUT2D eigenvalue weighted by Crippen LogP contribution is -2.18. The first-order valence-electron chi connectivity index (χ1n) is 7.56. The van der Waals surface area contributed by atoms with Gasteiger partial charge in [-0.1, -0.05) is 13.3 Å². The average molecular weight is 310 g/mol. The number of pyridine rings is 1. The van der Waals surface area contributed by atoms with Crippen LogP contribution >= 0.6 is 0 Å². The third kappa shape index (κ3) is 3.15. The highest BCUT2D eigenvalue weighted by Crippen LogP contribution is 2.30. The Bertz CT molecular complexity index is 853. The SMILES string of the molecule is CCCCn1cc(-c2cnc(N)nc2-c2ccco2)ccc1=O. The van der Waals surface area contributed by atoms with Crippen molar-refractivity contribution in [3.8, 4) is 22.6 Å². The minimum Gasteiger partial charge on any atom is -0.463 e. The monoisotopic (exact) mass is 310 g/mol. The Hall–Kier alpha value is -2.89. The fraction of sp³-hybridized carbons (Fsp3) is 0.235. The van der Waals surface area contributed by atoms with Crippen molar-refractivity contribution in [1.29, 1.82) is 0 Å². The number of hydrogen-bond donors (Lipinski definition) is 1. The van der Waals surface area contributed by atoms with Gasteiger partial charge < -0.3 is 14.7 Å². The number of nitrogen functional groups attached to an aromatic ring is 1. The topological polar surface area (TPSA) is 86.9 Å². The van der Waals surface area contributed by atoms with Gasteiger partial charge in [0.1, 0.15) is 5.69 Å². The van der Waals surface area contributed by atoms with Crippen LogP contribution in [0.1, 0.15) is 19.8 Å². The first kappa shape index (κ1) is 15.0. The van der Waals surface area contributed by atoms with Crippen LogP contribution in [0.25, 0.3) is 22.6 Å². The van der Waals surface area contributed by atoms with Gasteiger partial charge in [0.25, 0.3) is 5.56 Å². The number of hydrogen-bond acceptors (Lipinski definition) is 5. The molecule has 3 rings (SSSR count). The van der Waals surface area contributed by atoms with E-state index in [0.29, 0.717) is 18.0 Å². The second-order valence-electron chi connectivity index (χ2n) is 5.27. The third-order valence-corrected chi connectivity index (χ3v) is 3.61. The van der Waals surface area contributed by atoms with Gasteiger partial charge in [-0.15, -0.1) is 0 Å². The van der Waals surface area contributed by atoms with Crippen molar-refractivity contribution in [2.24, 2.45) is 0 Å². The number of anilines is 1. The van der Waals surface area contributed by atoms with Crippen molar-refractivity contribution in [3.05, 3.63) is 53.3 Å². The summed E-state index contributed by atoms with van der Waals surface area (Å²) in [5.74, 6) is 0.792. The van der Waals surface area contributed by atoms with E-state index in [1.54, 1.807) is 35.2 Å². The molecule has 3 heterocycles. The highest BCUT2D eigenvalue weighted by molar-refractivity contribution is 5.78. The molecule has 0 unspecified atom stereocenters. The van der Waals surface area contributed by atoms with Crippen LogP contribution in [-0.2, 0) is 6.54 Å². The molecule has 6 nitrogen and oxygen atoms in total. The zero-order valence-electron chi connectivity index (χ0n) is 12.9. The Morgan fingerprint density at radius 1 is 1.30 bits per heavy atom. The Balaban J connectivity index is 2.10. The molecule has 0 radical (unpaired) electrons. The molecule has 3 aromatic heterocycles. The molecule has 0 spiro atoms. The number of furan rings is 1. The molecule has 0 atom stereocenters. The van der Waals surface area contributed by atoms with Crippen LogP contribution < -0.4 is 11.3 Å². The van der Waals surface area contributed by atoms with Crippen LogP contribution in [0.15, 0.2) is 52.1 Å². The van der Waals surface area contributed by atoms with Crippen LogP contribution in [0.5, 0.6) is 0 Å². The highest BCUT2D eigenvalue weighted by atomic mass is 16.3. The second kappa shape index (κ2) is 6.48. The molecule has 0 fully saturated rings. The molecule has 23 heavy (non-hydrogen) atoms. The summed E-state index contributed by atoms with van der Waals surface area (Å²) < 4.78 is 7.15. The summed E-state index contributed by atoms with van der Waals surface area (Å²) >= 11 is 0. The number of rotatable bonds is 5.